The Kier molecular flexibility index (Phi) is 4.15. The first-order valence-corrected chi connectivity index (χ1v) is 7.41. The van der Waals surface area contributed by atoms with Gasteiger partial charge in [0.05, 0.1) is 11.8 Å². The van der Waals surface area contributed by atoms with E-state index in [0.29, 0.717) is 18.1 Å². The number of tetrazole rings is 1. The fourth-order valence-corrected chi connectivity index (χ4v) is 2.81. The van der Waals surface area contributed by atoms with Gasteiger partial charge in [0.15, 0.2) is 0 Å². The lowest BCUT2D eigenvalue weighted by atomic mass is 9.93. The van der Waals surface area contributed by atoms with Gasteiger partial charge >= 0.3 is 0 Å². The molecule has 1 heterocycles. The third kappa shape index (κ3) is 3.21. The van der Waals surface area contributed by atoms with Crippen molar-refractivity contribution in [2.45, 2.75) is 44.8 Å². The van der Waals surface area contributed by atoms with Gasteiger partial charge in [0.1, 0.15) is 0 Å². The topological polar surface area (TPSA) is 64.9 Å². The summed E-state index contributed by atoms with van der Waals surface area (Å²) in [4.78, 5) is 0. The SMILES string of the molecule is COC1CCCC(Nc2nnnn2-c2ccc(C)cc2)C1. The molecular weight excluding hydrogens is 266 g/mol. The Labute approximate surface area is 124 Å². The van der Waals surface area contributed by atoms with E-state index < -0.39 is 0 Å². The molecular formula is C15H21N5O. The number of ether oxygens (including phenoxy) is 1. The molecule has 2 atom stereocenters. The first kappa shape index (κ1) is 14.0. The maximum Gasteiger partial charge on any atom is 0.247 e. The standard InChI is InChI=1S/C15H21N5O/c1-11-6-8-13(9-7-11)20-15(17-18-19-20)16-12-4-3-5-14(10-12)21-2/h6-9,12,14H,3-5,10H2,1-2H3,(H,16,17,19). The molecule has 1 saturated carbocycles. The number of hydrogen-bond donors (Lipinski definition) is 1. The Morgan fingerprint density at radius 3 is 2.81 bits per heavy atom. The summed E-state index contributed by atoms with van der Waals surface area (Å²) >= 11 is 0. The molecule has 3 rings (SSSR count). The van der Waals surface area contributed by atoms with Gasteiger partial charge in [-0.15, -0.1) is 0 Å². The second-order valence-corrected chi connectivity index (χ2v) is 5.62. The molecule has 2 unspecified atom stereocenters. The van der Waals surface area contributed by atoms with Gasteiger partial charge in [0.2, 0.25) is 5.95 Å². The summed E-state index contributed by atoms with van der Waals surface area (Å²) < 4.78 is 7.22. The lowest BCUT2D eigenvalue weighted by Gasteiger charge is -2.28. The zero-order valence-electron chi connectivity index (χ0n) is 12.5. The molecule has 0 bridgehead atoms. The van der Waals surface area contributed by atoms with Crippen molar-refractivity contribution >= 4 is 5.95 Å². The Bertz CT molecular complexity index is 580. The average Bonchev–Trinajstić information content (AvgIpc) is 2.96. The molecule has 21 heavy (non-hydrogen) atoms. The number of anilines is 1. The molecule has 2 aromatic rings. The number of aryl methyl sites for hydroxylation is 1. The van der Waals surface area contributed by atoms with Crippen molar-refractivity contribution in [3.63, 3.8) is 0 Å². The van der Waals surface area contributed by atoms with Crippen molar-refractivity contribution in [2.75, 3.05) is 12.4 Å². The summed E-state index contributed by atoms with van der Waals surface area (Å²) in [7, 11) is 1.78. The minimum absolute atomic E-state index is 0.333. The summed E-state index contributed by atoms with van der Waals surface area (Å²) in [6.45, 7) is 2.06. The van der Waals surface area contributed by atoms with Crippen molar-refractivity contribution < 1.29 is 4.74 Å². The Balaban J connectivity index is 1.75. The predicted octanol–water partition coefficient (Wildman–Crippen LogP) is 2.34. The second-order valence-electron chi connectivity index (χ2n) is 5.62. The minimum Gasteiger partial charge on any atom is -0.381 e. The highest BCUT2D eigenvalue weighted by Gasteiger charge is 2.23. The Morgan fingerprint density at radius 1 is 1.24 bits per heavy atom. The maximum atomic E-state index is 5.47. The third-order valence-corrected chi connectivity index (χ3v) is 4.04. The van der Waals surface area contributed by atoms with Crippen molar-refractivity contribution in [1.82, 2.24) is 20.2 Å². The van der Waals surface area contributed by atoms with E-state index in [1.807, 2.05) is 12.1 Å². The van der Waals surface area contributed by atoms with Crippen LogP contribution in [0.2, 0.25) is 0 Å². The predicted molar refractivity (Wildman–Crippen MR) is 80.6 cm³/mol. The van der Waals surface area contributed by atoms with Crippen LogP contribution in [0.25, 0.3) is 5.69 Å². The molecule has 1 aromatic carbocycles. The number of nitrogens with one attached hydrogen (secondary N) is 1. The first-order chi connectivity index (χ1) is 10.3. The van der Waals surface area contributed by atoms with Crippen molar-refractivity contribution in [3.8, 4) is 5.69 Å². The Hall–Kier alpha value is -1.95. The summed E-state index contributed by atoms with van der Waals surface area (Å²) in [5.41, 5.74) is 2.18. The van der Waals surface area contributed by atoms with Crippen LogP contribution in [0.4, 0.5) is 5.95 Å². The molecule has 112 valence electrons. The molecule has 0 amide bonds. The number of nitrogens with zero attached hydrogens (tertiary/aromatic N) is 4. The summed E-state index contributed by atoms with van der Waals surface area (Å²) in [6, 6.07) is 8.52. The zero-order valence-corrected chi connectivity index (χ0v) is 12.5. The van der Waals surface area contributed by atoms with Crippen LogP contribution < -0.4 is 5.32 Å². The van der Waals surface area contributed by atoms with Gasteiger partial charge < -0.3 is 10.1 Å². The van der Waals surface area contributed by atoms with E-state index >= 15 is 0 Å². The van der Waals surface area contributed by atoms with Crippen molar-refractivity contribution in [3.05, 3.63) is 29.8 Å². The highest BCUT2D eigenvalue weighted by Crippen LogP contribution is 2.23. The van der Waals surface area contributed by atoms with Crippen LogP contribution in [0, 0.1) is 6.92 Å². The monoisotopic (exact) mass is 287 g/mol. The van der Waals surface area contributed by atoms with Gasteiger partial charge in [-0.1, -0.05) is 22.8 Å². The molecule has 6 heteroatoms. The van der Waals surface area contributed by atoms with Gasteiger partial charge in [0.25, 0.3) is 0 Å². The van der Waals surface area contributed by atoms with Gasteiger partial charge in [-0.25, -0.2) is 0 Å². The van der Waals surface area contributed by atoms with E-state index in [4.69, 9.17) is 4.74 Å². The number of hydrogen-bond acceptors (Lipinski definition) is 5. The third-order valence-electron chi connectivity index (χ3n) is 4.04. The van der Waals surface area contributed by atoms with Crippen LogP contribution in [0.1, 0.15) is 31.2 Å². The van der Waals surface area contributed by atoms with Gasteiger partial charge in [-0.05, 0) is 55.2 Å². The Morgan fingerprint density at radius 2 is 2.05 bits per heavy atom. The molecule has 1 aliphatic carbocycles. The lowest BCUT2D eigenvalue weighted by Crippen LogP contribution is -2.32. The van der Waals surface area contributed by atoms with E-state index in [2.05, 4.69) is 39.9 Å². The molecule has 0 spiro atoms. The van der Waals surface area contributed by atoms with Crippen molar-refractivity contribution in [1.29, 1.82) is 0 Å². The number of benzene rings is 1. The van der Waals surface area contributed by atoms with Crippen LogP contribution >= 0.6 is 0 Å². The number of methoxy groups -OCH3 is 1. The van der Waals surface area contributed by atoms with Gasteiger partial charge in [-0.3, -0.25) is 0 Å². The number of rotatable bonds is 4. The highest BCUT2D eigenvalue weighted by molar-refractivity contribution is 5.40. The molecule has 6 nitrogen and oxygen atoms in total. The van der Waals surface area contributed by atoms with Gasteiger partial charge in [0, 0.05) is 13.2 Å². The quantitative estimate of drug-likeness (QED) is 0.935. The van der Waals surface area contributed by atoms with E-state index in [1.54, 1.807) is 11.8 Å². The zero-order chi connectivity index (χ0) is 14.7. The molecule has 0 saturated heterocycles. The van der Waals surface area contributed by atoms with Crippen molar-refractivity contribution in [2.24, 2.45) is 0 Å². The molecule has 1 fully saturated rings. The fraction of sp³-hybridized carbons (Fsp3) is 0.533. The normalized spacial score (nSPS) is 22.2. The van der Waals surface area contributed by atoms with E-state index in [0.717, 1.165) is 24.9 Å². The lowest BCUT2D eigenvalue weighted by molar-refractivity contribution is 0.0668. The van der Waals surface area contributed by atoms with Gasteiger partial charge in [-0.2, -0.15) is 4.68 Å². The molecule has 1 aromatic heterocycles. The smallest absolute Gasteiger partial charge is 0.247 e. The van der Waals surface area contributed by atoms with E-state index in [9.17, 15) is 0 Å². The minimum atomic E-state index is 0.333. The fourth-order valence-electron chi connectivity index (χ4n) is 2.81. The van der Waals surface area contributed by atoms with Crippen LogP contribution in [0.15, 0.2) is 24.3 Å². The van der Waals surface area contributed by atoms with Crippen LogP contribution in [0.5, 0.6) is 0 Å². The summed E-state index contributed by atoms with van der Waals surface area (Å²) in [5, 5.41) is 15.4. The molecule has 1 N–H and O–H groups in total. The maximum absolute atomic E-state index is 5.47. The van der Waals surface area contributed by atoms with E-state index in [1.165, 1.54) is 12.0 Å². The van der Waals surface area contributed by atoms with Crippen LogP contribution in [0.3, 0.4) is 0 Å². The highest BCUT2D eigenvalue weighted by atomic mass is 16.5. The van der Waals surface area contributed by atoms with Crippen LogP contribution in [-0.2, 0) is 4.74 Å². The largest absolute Gasteiger partial charge is 0.381 e. The van der Waals surface area contributed by atoms with E-state index in [-0.39, 0.29) is 0 Å². The molecule has 0 aliphatic heterocycles. The molecule has 1 aliphatic rings. The summed E-state index contributed by atoms with van der Waals surface area (Å²) in [6.07, 6.45) is 4.76. The average molecular weight is 287 g/mol. The van der Waals surface area contributed by atoms with Crippen LogP contribution in [-0.4, -0.2) is 39.5 Å². The number of aromatic nitrogens is 4. The summed E-state index contributed by atoms with van der Waals surface area (Å²) in [5.74, 6) is 0.695. The second kappa shape index (κ2) is 6.22. The first-order valence-electron chi connectivity index (χ1n) is 7.41. The molecule has 0 radical (unpaired) electrons.